The van der Waals surface area contributed by atoms with Gasteiger partial charge < -0.3 is 10.4 Å². The van der Waals surface area contributed by atoms with E-state index in [4.69, 9.17) is 16.7 Å². The predicted molar refractivity (Wildman–Crippen MR) is 62.5 cm³/mol. The fourth-order valence-corrected chi connectivity index (χ4v) is 2.24. The van der Waals surface area contributed by atoms with Crippen LogP contribution in [0.1, 0.15) is 24.1 Å². The molecule has 5 heteroatoms. The molecule has 0 unspecified atom stereocenters. The SMILES string of the molecule is O=C(O)CCCCNCc1ccc(Cl)s1. The maximum Gasteiger partial charge on any atom is 0.303 e. The number of carboxylic acids is 1. The maximum atomic E-state index is 10.2. The second-order valence-electron chi connectivity index (χ2n) is 3.23. The highest BCUT2D eigenvalue weighted by Crippen LogP contribution is 2.20. The summed E-state index contributed by atoms with van der Waals surface area (Å²) in [4.78, 5) is 11.4. The number of carboxylic acid groups (broad SMARTS) is 1. The summed E-state index contributed by atoms with van der Waals surface area (Å²) in [6.45, 7) is 1.66. The van der Waals surface area contributed by atoms with E-state index >= 15 is 0 Å². The Morgan fingerprint density at radius 1 is 1.47 bits per heavy atom. The van der Waals surface area contributed by atoms with E-state index in [1.54, 1.807) is 11.3 Å². The number of unbranched alkanes of at least 4 members (excludes halogenated alkanes) is 1. The van der Waals surface area contributed by atoms with Gasteiger partial charge in [0, 0.05) is 17.8 Å². The number of aliphatic carboxylic acids is 1. The van der Waals surface area contributed by atoms with Crippen LogP contribution in [0, 0.1) is 0 Å². The number of rotatable bonds is 7. The Bertz CT molecular complexity index is 314. The summed E-state index contributed by atoms with van der Waals surface area (Å²) >= 11 is 7.35. The van der Waals surface area contributed by atoms with Crippen molar-refractivity contribution >= 4 is 28.9 Å². The summed E-state index contributed by atoms with van der Waals surface area (Å²) in [5.41, 5.74) is 0. The second-order valence-corrected chi connectivity index (χ2v) is 5.03. The zero-order chi connectivity index (χ0) is 11.1. The zero-order valence-electron chi connectivity index (χ0n) is 8.33. The van der Waals surface area contributed by atoms with Gasteiger partial charge in [0.2, 0.25) is 0 Å². The van der Waals surface area contributed by atoms with E-state index in [9.17, 15) is 4.79 Å². The lowest BCUT2D eigenvalue weighted by molar-refractivity contribution is -0.137. The van der Waals surface area contributed by atoms with E-state index in [0.717, 1.165) is 30.3 Å². The van der Waals surface area contributed by atoms with Gasteiger partial charge in [0.1, 0.15) is 0 Å². The Kier molecular flexibility index (Phi) is 5.68. The number of halogens is 1. The van der Waals surface area contributed by atoms with E-state index in [1.807, 2.05) is 12.1 Å². The van der Waals surface area contributed by atoms with Crippen LogP contribution in [-0.4, -0.2) is 17.6 Å². The first-order valence-corrected chi connectivity index (χ1v) is 6.04. The molecule has 1 aromatic heterocycles. The van der Waals surface area contributed by atoms with E-state index in [1.165, 1.54) is 4.88 Å². The van der Waals surface area contributed by atoms with Crippen LogP contribution in [0.2, 0.25) is 4.34 Å². The van der Waals surface area contributed by atoms with Crippen molar-refractivity contribution < 1.29 is 9.90 Å². The van der Waals surface area contributed by atoms with Crippen LogP contribution >= 0.6 is 22.9 Å². The van der Waals surface area contributed by atoms with Crippen molar-refractivity contribution in [3.05, 3.63) is 21.3 Å². The highest BCUT2D eigenvalue weighted by molar-refractivity contribution is 7.16. The van der Waals surface area contributed by atoms with Gasteiger partial charge in [-0.2, -0.15) is 0 Å². The van der Waals surface area contributed by atoms with Gasteiger partial charge in [-0.3, -0.25) is 4.79 Å². The smallest absolute Gasteiger partial charge is 0.303 e. The summed E-state index contributed by atoms with van der Waals surface area (Å²) in [6, 6.07) is 3.88. The number of hydrogen-bond acceptors (Lipinski definition) is 3. The lowest BCUT2D eigenvalue weighted by Crippen LogP contribution is -2.14. The first-order valence-electron chi connectivity index (χ1n) is 4.85. The average Bonchev–Trinajstić information content (AvgIpc) is 2.57. The first kappa shape index (κ1) is 12.5. The van der Waals surface area contributed by atoms with E-state index in [-0.39, 0.29) is 6.42 Å². The molecule has 3 nitrogen and oxygen atoms in total. The van der Waals surface area contributed by atoms with Crippen molar-refractivity contribution in [2.75, 3.05) is 6.54 Å². The molecular formula is C10H14ClNO2S. The van der Waals surface area contributed by atoms with Gasteiger partial charge in [0.15, 0.2) is 0 Å². The average molecular weight is 248 g/mol. The quantitative estimate of drug-likeness (QED) is 0.729. The fourth-order valence-electron chi connectivity index (χ4n) is 1.18. The summed E-state index contributed by atoms with van der Waals surface area (Å²) < 4.78 is 0.803. The number of hydrogen-bond donors (Lipinski definition) is 2. The Morgan fingerprint density at radius 2 is 2.27 bits per heavy atom. The van der Waals surface area contributed by atoms with Crippen LogP contribution in [0.3, 0.4) is 0 Å². The van der Waals surface area contributed by atoms with Crippen LogP contribution < -0.4 is 5.32 Å². The Labute approximate surface area is 98.1 Å². The molecule has 1 rings (SSSR count). The zero-order valence-corrected chi connectivity index (χ0v) is 9.90. The summed E-state index contributed by atoms with van der Waals surface area (Å²) in [6.07, 6.45) is 1.88. The Balaban J connectivity index is 2.00. The number of carbonyl (C=O) groups is 1. The van der Waals surface area contributed by atoms with Crippen molar-refractivity contribution in [1.82, 2.24) is 5.32 Å². The molecule has 0 fully saturated rings. The topological polar surface area (TPSA) is 49.3 Å². The molecule has 15 heavy (non-hydrogen) atoms. The molecule has 0 spiro atoms. The van der Waals surface area contributed by atoms with Crippen molar-refractivity contribution in [1.29, 1.82) is 0 Å². The minimum Gasteiger partial charge on any atom is -0.481 e. The third-order valence-corrected chi connectivity index (χ3v) is 3.15. The van der Waals surface area contributed by atoms with Gasteiger partial charge in [0.25, 0.3) is 0 Å². The fraction of sp³-hybridized carbons (Fsp3) is 0.500. The maximum absolute atomic E-state index is 10.2. The molecule has 2 N–H and O–H groups in total. The first-order chi connectivity index (χ1) is 7.18. The Morgan fingerprint density at radius 3 is 2.87 bits per heavy atom. The van der Waals surface area contributed by atoms with Crippen molar-refractivity contribution in [2.45, 2.75) is 25.8 Å². The van der Waals surface area contributed by atoms with E-state index in [0.29, 0.717) is 0 Å². The molecule has 0 aliphatic rings. The third-order valence-electron chi connectivity index (χ3n) is 1.92. The minimum atomic E-state index is -0.722. The van der Waals surface area contributed by atoms with Crippen LogP contribution in [0.15, 0.2) is 12.1 Å². The molecule has 0 bridgehead atoms. The minimum absolute atomic E-state index is 0.256. The number of nitrogens with one attached hydrogen (secondary N) is 1. The summed E-state index contributed by atoms with van der Waals surface area (Å²) in [7, 11) is 0. The van der Waals surface area contributed by atoms with E-state index in [2.05, 4.69) is 5.32 Å². The normalized spacial score (nSPS) is 10.5. The summed E-state index contributed by atoms with van der Waals surface area (Å²) in [5, 5.41) is 11.7. The van der Waals surface area contributed by atoms with Gasteiger partial charge in [-0.05, 0) is 31.5 Å². The molecule has 0 radical (unpaired) electrons. The lowest BCUT2D eigenvalue weighted by atomic mass is 10.2. The van der Waals surface area contributed by atoms with E-state index < -0.39 is 5.97 Å². The molecule has 84 valence electrons. The largest absolute Gasteiger partial charge is 0.481 e. The molecule has 0 saturated heterocycles. The highest BCUT2D eigenvalue weighted by atomic mass is 35.5. The van der Waals surface area contributed by atoms with Crippen LogP contribution in [0.4, 0.5) is 0 Å². The van der Waals surface area contributed by atoms with Crippen molar-refractivity contribution in [3.8, 4) is 0 Å². The lowest BCUT2D eigenvalue weighted by Gasteiger charge is -2.01. The van der Waals surface area contributed by atoms with Gasteiger partial charge in [-0.25, -0.2) is 0 Å². The molecule has 0 amide bonds. The molecule has 0 saturated carbocycles. The standard InChI is InChI=1S/C10H14ClNO2S/c11-9-5-4-8(15-9)7-12-6-2-1-3-10(13)14/h4-5,12H,1-3,6-7H2,(H,13,14). The third kappa shape index (κ3) is 5.77. The van der Waals surface area contributed by atoms with Crippen molar-refractivity contribution in [3.63, 3.8) is 0 Å². The Hall–Kier alpha value is -0.580. The summed E-state index contributed by atoms with van der Waals surface area (Å²) in [5.74, 6) is -0.722. The van der Waals surface area contributed by atoms with Gasteiger partial charge >= 0.3 is 5.97 Å². The monoisotopic (exact) mass is 247 g/mol. The molecule has 0 aliphatic heterocycles. The highest BCUT2D eigenvalue weighted by Gasteiger charge is 1.98. The van der Waals surface area contributed by atoms with Gasteiger partial charge in [0.05, 0.1) is 4.34 Å². The van der Waals surface area contributed by atoms with Crippen molar-refractivity contribution in [2.24, 2.45) is 0 Å². The molecule has 1 heterocycles. The molecular weight excluding hydrogens is 234 g/mol. The molecule has 0 atom stereocenters. The molecule has 1 aromatic rings. The van der Waals surface area contributed by atoms with Crippen LogP contribution in [0.5, 0.6) is 0 Å². The predicted octanol–water partition coefficient (Wildman–Crippen LogP) is 2.75. The van der Waals surface area contributed by atoms with Crippen LogP contribution in [0.25, 0.3) is 0 Å². The van der Waals surface area contributed by atoms with Crippen LogP contribution in [-0.2, 0) is 11.3 Å². The van der Waals surface area contributed by atoms with Gasteiger partial charge in [-0.15, -0.1) is 11.3 Å². The number of thiophene rings is 1. The van der Waals surface area contributed by atoms with Gasteiger partial charge in [-0.1, -0.05) is 11.6 Å². The molecule has 0 aromatic carbocycles. The molecule has 0 aliphatic carbocycles. The second kappa shape index (κ2) is 6.82.